The molecule has 10 rings (SSSR count). The maximum absolute atomic E-state index is 15.3. The van der Waals surface area contributed by atoms with E-state index in [2.05, 4.69) is 79.2 Å². The quantitative estimate of drug-likeness (QED) is 0.0328. The number of hydrogen-bond donors (Lipinski definition) is 3. The van der Waals surface area contributed by atoms with Crippen LogP contribution in [-0.2, 0) is 37.9 Å². The molecular formula is C62H72N7O12PSi. The number of aromatic amines is 2. The smallest absolute Gasteiger partial charge is 0.330 e. The first-order valence-corrected chi connectivity index (χ1v) is 31.7. The van der Waals surface area contributed by atoms with Gasteiger partial charge in [-0.2, -0.15) is 4.98 Å². The van der Waals surface area contributed by atoms with Crippen molar-refractivity contribution in [3.8, 4) is 11.5 Å². The van der Waals surface area contributed by atoms with Crippen LogP contribution < -0.4 is 42.0 Å². The van der Waals surface area contributed by atoms with Crippen molar-refractivity contribution < 1.29 is 41.7 Å². The highest BCUT2D eigenvalue weighted by atomic mass is 31.2. The molecule has 0 amide bonds. The first-order chi connectivity index (χ1) is 39.8. The Kier molecular flexibility index (Phi) is 17.4. The standard InChI is InChI=1S/C62H72N7O12PSi/c1-40(2)35-63-59-65-56-55(58(71)66-59)64-39-69(56)54-34-50(81-83(61(4,5)6,47-21-15-11-16-22-47)48-23-17-12-18-24-48)52(79-54)38-77-82(9,73)80-49-33-53(68-36-41(3)57(70)67-60(68)72)78-51(49)37-76-62(42-19-13-10-14-20-42,43-25-29-45(74-7)30-26-43)44-27-31-46(75-8)32-28-44/h10-32,36,39-40,49-54H,33-35,37-38H2,1-9H3,(H,67,70,72)(H2,63,65,66,71)/t49-,50-,51+,52+,53+,54+,82?/m0/s1. The Bertz CT molecular complexity index is 3640. The number of nitrogens with one attached hydrogen (secondary N) is 3. The zero-order valence-corrected chi connectivity index (χ0v) is 50.0. The number of ether oxygens (including phenoxy) is 5. The molecule has 2 aliphatic heterocycles. The topological polar surface area (TPSA) is 221 Å². The van der Waals surface area contributed by atoms with Crippen LogP contribution in [0.5, 0.6) is 11.5 Å². The lowest BCUT2D eigenvalue weighted by Crippen LogP contribution is -2.68. The van der Waals surface area contributed by atoms with Gasteiger partial charge in [0.05, 0.1) is 46.0 Å². The summed E-state index contributed by atoms with van der Waals surface area (Å²) < 4.78 is 71.5. The van der Waals surface area contributed by atoms with Gasteiger partial charge in [0.2, 0.25) is 5.95 Å². The number of aryl methyl sites for hydroxylation is 1. The lowest BCUT2D eigenvalue weighted by atomic mass is 9.80. The molecule has 2 saturated heterocycles. The molecule has 5 heterocycles. The van der Waals surface area contributed by atoms with Gasteiger partial charge in [0, 0.05) is 37.8 Å². The van der Waals surface area contributed by atoms with Crippen molar-refractivity contribution in [2.75, 3.05) is 46.0 Å². The summed E-state index contributed by atoms with van der Waals surface area (Å²) in [4.78, 5) is 54.2. The summed E-state index contributed by atoms with van der Waals surface area (Å²) in [6.07, 6.45) is -1.98. The molecular weight excluding hydrogens is 1090 g/mol. The van der Waals surface area contributed by atoms with Crippen molar-refractivity contribution in [2.24, 2.45) is 5.92 Å². The number of fused-ring (bicyclic) bond motifs is 1. The number of anilines is 1. The van der Waals surface area contributed by atoms with Crippen LogP contribution in [0.2, 0.25) is 5.04 Å². The van der Waals surface area contributed by atoms with Gasteiger partial charge in [-0.3, -0.25) is 33.3 Å². The van der Waals surface area contributed by atoms with Crippen LogP contribution in [0.15, 0.2) is 166 Å². The van der Waals surface area contributed by atoms with Gasteiger partial charge in [-0.15, -0.1) is 0 Å². The lowest BCUT2D eigenvalue weighted by Gasteiger charge is -2.45. The SMILES string of the molecule is COc1ccc(C(OC[C@H]2O[C@@H](n3cc(C)c(=O)[nH]c3=O)C[C@@H]2OP(C)(=O)OC[C@H]2O[C@@H](n3cnc4c(=O)[nH]c(NCC(C)C)nc43)C[C@@H]2O[Si](c2ccccc2)(c2ccccc2)C(C)(C)C)(c2ccccc2)c2ccc(OC)cc2)cc1. The average Bonchev–Trinajstić information content (AvgIpc) is 3.90. The zero-order valence-electron chi connectivity index (χ0n) is 48.1. The highest BCUT2D eigenvalue weighted by Gasteiger charge is 2.54. The van der Waals surface area contributed by atoms with Gasteiger partial charge in [0.15, 0.2) is 11.2 Å². The minimum absolute atomic E-state index is 0.0134. The van der Waals surface area contributed by atoms with Crippen LogP contribution in [0, 0.1) is 12.8 Å². The molecule has 7 atom stereocenters. The second kappa shape index (κ2) is 24.5. The van der Waals surface area contributed by atoms with E-state index in [9.17, 15) is 14.4 Å². The molecule has 0 bridgehead atoms. The second-order valence-electron chi connectivity index (χ2n) is 22.6. The van der Waals surface area contributed by atoms with Crippen LogP contribution >= 0.6 is 7.60 Å². The molecule has 2 fully saturated rings. The number of imidazole rings is 1. The van der Waals surface area contributed by atoms with Gasteiger partial charge >= 0.3 is 13.3 Å². The van der Waals surface area contributed by atoms with Crippen molar-refractivity contribution >= 4 is 43.4 Å². The Balaban J connectivity index is 1.00. The molecule has 5 aromatic carbocycles. The van der Waals surface area contributed by atoms with Crippen LogP contribution in [0.1, 0.15) is 82.2 Å². The first-order valence-electron chi connectivity index (χ1n) is 27.8. The molecule has 3 aromatic heterocycles. The van der Waals surface area contributed by atoms with Crippen molar-refractivity contribution in [1.82, 2.24) is 29.1 Å². The molecule has 0 spiro atoms. The Morgan fingerprint density at radius 3 is 1.80 bits per heavy atom. The molecule has 0 saturated carbocycles. The molecule has 2 aliphatic rings. The van der Waals surface area contributed by atoms with Crippen LogP contribution in [0.25, 0.3) is 11.2 Å². The third kappa shape index (κ3) is 12.2. The highest BCUT2D eigenvalue weighted by Crippen LogP contribution is 2.51. The number of benzene rings is 5. The van der Waals surface area contributed by atoms with Gasteiger partial charge in [-0.25, -0.2) is 9.78 Å². The molecule has 3 N–H and O–H groups in total. The van der Waals surface area contributed by atoms with Gasteiger partial charge in [0.1, 0.15) is 41.8 Å². The number of nitrogens with zero attached hydrogens (tertiary/aromatic N) is 4. The van der Waals surface area contributed by atoms with Crippen LogP contribution in [0.3, 0.4) is 0 Å². The fourth-order valence-corrected chi connectivity index (χ4v) is 17.2. The molecule has 1 unspecified atom stereocenters. The maximum Gasteiger partial charge on any atom is 0.330 e. The molecule has 436 valence electrons. The van der Waals surface area contributed by atoms with E-state index in [4.69, 9.17) is 42.1 Å². The molecule has 0 radical (unpaired) electrons. The van der Waals surface area contributed by atoms with Crippen molar-refractivity contribution in [3.63, 3.8) is 0 Å². The van der Waals surface area contributed by atoms with Crippen LogP contribution in [0.4, 0.5) is 5.95 Å². The van der Waals surface area contributed by atoms with Crippen molar-refractivity contribution in [3.05, 3.63) is 205 Å². The first kappa shape index (κ1) is 58.9. The number of aromatic nitrogens is 6. The highest BCUT2D eigenvalue weighted by molar-refractivity contribution is 7.53. The monoisotopic (exact) mass is 1170 g/mol. The minimum atomic E-state index is -4.13. The van der Waals surface area contributed by atoms with Crippen molar-refractivity contribution in [2.45, 2.75) is 102 Å². The van der Waals surface area contributed by atoms with E-state index in [1.807, 2.05) is 115 Å². The van der Waals surface area contributed by atoms with Crippen LogP contribution in [-0.4, -0.2) is 102 Å². The molecule has 21 heteroatoms. The number of H-pyrrole nitrogens is 2. The largest absolute Gasteiger partial charge is 0.497 e. The average molecular weight is 1170 g/mol. The van der Waals surface area contributed by atoms with E-state index < -0.39 is 80.2 Å². The van der Waals surface area contributed by atoms with E-state index in [1.165, 1.54) is 17.4 Å². The molecule has 0 aliphatic carbocycles. The van der Waals surface area contributed by atoms with E-state index in [-0.39, 0.29) is 43.1 Å². The molecule has 8 aromatic rings. The van der Waals surface area contributed by atoms with E-state index >= 15 is 4.57 Å². The Hall–Kier alpha value is -7.26. The number of methoxy groups -OCH3 is 2. The predicted molar refractivity (Wildman–Crippen MR) is 320 cm³/mol. The van der Waals surface area contributed by atoms with Gasteiger partial charge in [-0.1, -0.05) is 150 Å². The van der Waals surface area contributed by atoms with Gasteiger partial charge < -0.3 is 42.5 Å². The minimum Gasteiger partial charge on any atom is -0.497 e. The van der Waals surface area contributed by atoms with Gasteiger partial charge in [0.25, 0.3) is 19.4 Å². The summed E-state index contributed by atoms with van der Waals surface area (Å²) >= 11 is 0. The predicted octanol–water partition coefficient (Wildman–Crippen LogP) is 8.82. The summed E-state index contributed by atoms with van der Waals surface area (Å²) in [7, 11) is -4.19. The second-order valence-corrected chi connectivity index (χ2v) is 28.8. The fraction of sp³-hybridized carbons (Fsp3) is 0.371. The molecule has 19 nitrogen and oxygen atoms in total. The maximum atomic E-state index is 15.3. The fourth-order valence-electron chi connectivity index (χ4n) is 11.3. The Morgan fingerprint density at radius 2 is 1.24 bits per heavy atom. The lowest BCUT2D eigenvalue weighted by molar-refractivity contribution is -0.0932. The summed E-state index contributed by atoms with van der Waals surface area (Å²) in [5.74, 6) is 1.87. The van der Waals surface area contributed by atoms with E-state index in [0.717, 1.165) is 27.1 Å². The third-order valence-electron chi connectivity index (χ3n) is 15.4. The van der Waals surface area contributed by atoms with E-state index in [1.54, 1.807) is 32.0 Å². The summed E-state index contributed by atoms with van der Waals surface area (Å²) in [5, 5.41) is 4.89. The summed E-state index contributed by atoms with van der Waals surface area (Å²) in [6, 6.07) is 45.4. The van der Waals surface area contributed by atoms with E-state index in [0.29, 0.717) is 29.6 Å². The normalized spacial score (nSPS) is 20.2. The van der Waals surface area contributed by atoms with Gasteiger partial charge in [-0.05, 0) is 69.2 Å². The third-order valence-corrected chi connectivity index (χ3v) is 21.8. The Labute approximate surface area is 482 Å². The van der Waals surface area contributed by atoms with Crippen molar-refractivity contribution in [1.29, 1.82) is 0 Å². The summed E-state index contributed by atoms with van der Waals surface area (Å²) in [6.45, 7) is 13.8. The number of rotatable bonds is 22. The molecule has 83 heavy (non-hydrogen) atoms. The summed E-state index contributed by atoms with van der Waals surface area (Å²) in [5.41, 5.74) is 0.154. The Morgan fingerprint density at radius 1 is 0.711 bits per heavy atom. The zero-order chi connectivity index (χ0) is 58.7. The number of hydrogen-bond acceptors (Lipinski definition) is 15.